The van der Waals surface area contributed by atoms with Crippen molar-refractivity contribution in [3.8, 4) is 16.9 Å². The monoisotopic (exact) mass is 618 g/mol. The summed E-state index contributed by atoms with van der Waals surface area (Å²) < 4.78 is 73.3. The average Bonchev–Trinajstić information content (AvgIpc) is 3.28. The van der Waals surface area contributed by atoms with Crippen LogP contribution in [0.4, 0.5) is 28.4 Å². The minimum Gasteiger partial charge on any atom is -0.450 e. The fraction of sp³-hybridized carbons (Fsp3) is 0.276. The lowest BCUT2D eigenvalue weighted by molar-refractivity contribution is -0.0446. The highest BCUT2D eigenvalue weighted by Gasteiger charge is 2.47. The maximum atomic E-state index is 12.6. The van der Waals surface area contributed by atoms with Gasteiger partial charge in [0.15, 0.2) is 0 Å². The van der Waals surface area contributed by atoms with Crippen LogP contribution in [0.3, 0.4) is 0 Å². The van der Waals surface area contributed by atoms with Crippen LogP contribution in [0, 0.1) is 0 Å². The summed E-state index contributed by atoms with van der Waals surface area (Å²) in [7, 11) is -5.92. The van der Waals surface area contributed by atoms with Gasteiger partial charge in [0.05, 0.1) is 17.6 Å². The molecular weight excluding hydrogens is 589 g/mol. The molecule has 228 valence electrons. The van der Waals surface area contributed by atoms with Crippen LogP contribution in [-0.2, 0) is 27.7 Å². The minimum absolute atomic E-state index is 0.130. The van der Waals surface area contributed by atoms with Crippen molar-refractivity contribution in [2.24, 2.45) is 0 Å². The number of alkyl halides is 3. The van der Waals surface area contributed by atoms with Gasteiger partial charge < -0.3 is 14.0 Å². The number of halogens is 3. The van der Waals surface area contributed by atoms with Crippen LogP contribution < -0.4 is 14.8 Å². The largest absolute Gasteiger partial charge is 0.516 e. The fourth-order valence-electron chi connectivity index (χ4n) is 4.29. The van der Waals surface area contributed by atoms with Crippen molar-refractivity contribution in [1.29, 1.82) is 0 Å². The number of benzene rings is 3. The predicted octanol–water partition coefficient (Wildman–Crippen LogP) is 6.60. The molecule has 3 aromatic carbocycles. The van der Waals surface area contributed by atoms with Gasteiger partial charge >= 0.3 is 27.7 Å². The molecular formula is C29H29F3N4O6S. The van der Waals surface area contributed by atoms with E-state index in [1.807, 2.05) is 24.3 Å². The van der Waals surface area contributed by atoms with Crippen molar-refractivity contribution < 1.29 is 40.7 Å². The second kappa shape index (κ2) is 13.2. The van der Waals surface area contributed by atoms with E-state index in [-0.39, 0.29) is 12.4 Å². The Bertz CT molecular complexity index is 1720. The molecule has 1 heterocycles. The normalized spacial score (nSPS) is 11.7. The molecule has 0 aliphatic carbocycles. The number of unbranched alkanes of at least 4 members (excludes halogenated alkanes) is 1. The molecule has 43 heavy (non-hydrogen) atoms. The predicted molar refractivity (Wildman–Crippen MR) is 154 cm³/mol. The molecule has 2 amide bonds. The lowest BCUT2D eigenvalue weighted by Gasteiger charge is -2.13. The number of hydrogen-bond donors (Lipinski definition) is 2. The highest BCUT2D eigenvalue weighted by molar-refractivity contribution is 7.90. The number of aryl methyl sites for hydroxylation is 1. The summed E-state index contributed by atoms with van der Waals surface area (Å²) in [5.74, 6) is 0.752. The van der Waals surface area contributed by atoms with Gasteiger partial charge in [0.25, 0.3) is 0 Å². The molecule has 0 aliphatic heterocycles. The fourth-order valence-corrected chi connectivity index (χ4v) is 4.67. The summed E-state index contributed by atoms with van der Waals surface area (Å²) in [6.07, 6.45) is 0.323. The Labute approximate surface area is 245 Å². The van der Waals surface area contributed by atoms with Crippen LogP contribution in [0.15, 0.2) is 66.7 Å². The Hall–Kier alpha value is -4.59. The van der Waals surface area contributed by atoms with Gasteiger partial charge in [-0.25, -0.2) is 19.3 Å². The second-order valence-corrected chi connectivity index (χ2v) is 11.1. The van der Waals surface area contributed by atoms with Gasteiger partial charge in [-0.05, 0) is 48.7 Å². The van der Waals surface area contributed by atoms with E-state index >= 15 is 0 Å². The molecule has 0 saturated carbocycles. The van der Waals surface area contributed by atoms with Gasteiger partial charge in [-0.15, -0.1) is 0 Å². The molecule has 0 spiro atoms. The van der Waals surface area contributed by atoms with Crippen LogP contribution in [0.25, 0.3) is 22.2 Å². The number of nitrogens with zero attached hydrogens (tertiary/aromatic N) is 2. The van der Waals surface area contributed by atoms with Crippen molar-refractivity contribution in [2.45, 2.75) is 45.2 Å². The first kappa shape index (κ1) is 31.3. The van der Waals surface area contributed by atoms with Crippen LogP contribution >= 0.6 is 0 Å². The molecule has 0 bridgehead atoms. The minimum atomic E-state index is -5.92. The van der Waals surface area contributed by atoms with E-state index in [4.69, 9.17) is 14.5 Å². The standard InChI is InChI=1S/C29H29F3N4O6S/c1-3-5-10-26-34-23-16-15-21(33-27(37)41-4-2)17-24(23)36(26)18-19-11-13-20(14-12-19)22-8-6-7-9-25(22)42-28(38)35-43(39,40)29(30,31)32/h6-9,11-17H,3-5,10,18H2,1-2H3,(H,33,37)(H,35,38). The van der Waals surface area contributed by atoms with Crippen molar-refractivity contribution in [1.82, 2.24) is 14.3 Å². The third-order valence-corrected chi connectivity index (χ3v) is 7.37. The molecule has 4 aromatic rings. The molecule has 0 aliphatic rings. The highest BCUT2D eigenvalue weighted by atomic mass is 32.2. The zero-order valence-corrected chi connectivity index (χ0v) is 24.1. The zero-order valence-electron chi connectivity index (χ0n) is 23.3. The molecule has 14 heteroatoms. The number of para-hydroxylation sites is 1. The van der Waals surface area contributed by atoms with Gasteiger partial charge in [0.2, 0.25) is 0 Å². The van der Waals surface area contributed by atoms with Gasteiger partial charge in [-0.2, -0.15) is 21.6 Å². The molecule has 0 unspecified atom stereocenters. The maximum absolute atomic E-state index is 12.6. The van der Waals surface area contributed by atoms with Gasteiger partial charge in [-0.1, -0.05) is 55.8 Å². The number of nitrogens with one attached hydrogen (secondary N) is 2. The third-order valence-electron chi connectivity index (χ3n) is 6.32. The third kappa shape index (κ3) is 7.63. The number of anilines is 1. The SMILES string of the molecule is CCCCc1nc2ccc(NC(=O)OCC)cc2n1Cc1ccc(-c2ccccc2OC(=O)NS(=O)(=O)C(F)(F)F)cc1. The average molecular weight is 619 g/mol. The summed E-state index contributed by atoms with van der Waals surface area (Å²) in [4.78, 5) is 28.7. The number of ether oxygens (including phenoxy) is 2. The summed E-state index contributed by atoms with van der Waals surface area (Å²) in [6, 6.07) is 18.7. The Morgan fingerprint density at radius 1 is 0.977 bits per heavy atom. The topological polar surface area (TPSA) is 129 Å². The first-order valence-electron chi connectivity index (χ1n) is 13.3. The summed E-state index contributed by atoms with van der Waals surface area (Å²) in [6.45, 7) is 4.51. The number of fused-ring (bicyclic) bond motifs is 1. The summed E-state index contributed by atoms with van der Waals surface area (Å²) >= 11 is 0. The van der Waals surface area contributed by atoms with E-state index in [0.717, 1.165) is 46.4 Å². The van der Waals surface area contributed by atoms with Gasteiger partial charge in [0, 0.05) is 24.2 Å². The van der Waals surface area contributed by atoms with Crippen LogP contribution in [0.2, 0.25) is 0 Å². The number of imidazole rings is 1. The Kier molecular flexibility index (Phi) is 9.59. The van der Waals surface area contributed by atoms with Crippen molar-refractivity contribution in [2.75, 3.05) is 11.9 Å². The molecule has 0 atom stereocenters. The molecule has 1 aromatic heterocycles. The first-order valence-corrected chi connectivity index (χ1v) is 14.8. The lowest BCUT2D eigenvalue weighted by atomic mass is 10.0. The molecule has 4 rings (SSSR count). The van der Waals surface area contributed by atoms with E-state index in [1.165, 1.54) is 12.1 Å². The maximum Gasteiger partial charge on any atom is 0.516 e. The summed E-state index contributed by atoms with van der Waals surface area (Å²) in [5, 5.41) is 2.71. The molecule has 10 nitrogen and oxygen atoms in total. The van der Waals surface area contributed by atoms with Crippen LogP contribution in [0.5, 0.6) is 5.75 Å². The van der Waals surface area contributed by atoms with E-state index < -0.39 is 27.7 Å². The number of amides is 2. The lowest BCUT2D eigenvalue weighted by Crippen LogP contribution is -2.41. The Morgan fingerprint density at radius 3 is 2.37 bits per heavy atom. The van der Waals surface area contributed by atoms with Gasteiger partial charge in [0.1, 0.15) is 11.6 Å². The molecule has 2 N–H and O–H groups in total. The van der Waals surface area contributed by atoms with E-state index in [9.17, 15) is 31.2 Å². The Balaban J connectivity index is 1.59. The number of carbonyl (C=O) groups is 2. The second-order valence-electron chi connectivity index (χ2n) is 9.40. The number of aromatic nitrogens is 2. The Morgan fingerprint density at radius 2 is 1.70 bits per heavy atom. The van der Waals surface area contributed by atoms with E-state index in [1.54, 1.807) is 37.3 Å². The number of sulfonamides is 1. The number of rotatable bonds is 10. The zero-order chi connectivity index (χ0) is 31.2. The molecule has 0 radical (unpaired) electrons. The smallest absolute Gasteiger partial charge is 0.450 e. The van der Waals surface area contributed by atoms with Crippen molar-refractivity contribution in [3.63, 3.8) is 0 Å². The van der Waals surface area contributed by atoms with Crippen molar-refractivity contribution in [3.05, 3.63) is 78.1 Å². The summed E-state index contributed by atoms with van der Waals surface area (Å²) in [5.41, 5.74) is -1.67. The number of hydrogen-bond acceptors (Lipinski definition) is 7. The number of carbonyl (C=O) groups excluding carboxylic acids is 2. The van der Waals surface area contributed by atoms with Crippen LogP contribution in [0.1, 0.15) is 38.1 Å². The van der Waals surface area contributed by atoms with E-state index in [0.29, 0.717) is 23.4 Å². The van der Waals surface area contributed by atoms with E-state index in [2.05, 4.69) is 16.8 Å². The quantitative estimate of drug-likeness (QED) is 0.205. The van der Waals surface area contributed by atoms with Crippen LogP contribution in [-0.4, -0.2) is 42.3 Å². The van der Waals surface area contributed by atoms with Crippen molar-refractivity contribution >= 4 is 38.9 Å². The van der Waals surface area contributed by atoms with Gasteiger partial charge in [-0.3, -0.25) is 5.32 Å². The molecule has 0 saturated heterocycles. The first-order chi connectivity index (χ1) is 20.4. The molecule has 0 fully saturated rings. The highest BCUT2D eigenvalue weighted by Crippen LogP contribution is 2.31.